The van der Waals surface area contributed by atoms with Gasteiger partial charge in [0.05, 0.1) is 11.1 Å². The van der Waals surface area contributed by atoms with Gasteiger partial charge in [0.2, 0.25) is 0 Å². The van der Waals surface area contributed by atoms with Crippen molar-refractivity contribution >= 4 is 34.6 Å². The number of anilines is 1. The van der Waals surface area contributed by atoms with Crippen molar-refractivity contribution in [2.45, 2.75) is 19.9 Å². The molecule has 138 valence electrons. The van der Waals surface area contributed by atoms with Gasteiger partial charge in [0, 0.05) is 5.69 Å². The molecule has 3 aromatic carbocycles. The number of rotatable bonds is 4. The normalized spacial score (nSPS) is 11.7. The molecule has 1 atom stereocenters. The molecule has 3 rings (SSSR count). The minimum atomic E-state index is -0.460. The van der Waals surface area contributed by atoms with Crippen molar-refractivity contribution in [2.75, 3.05) is 5.32 Å². The van der Waals surface area contributed by atoms with Crippen LogP contribution in [0, 0.1) is 19.7 Å². The molecule has 0 fully saturated rings. The van der Waals surface area contributed by atoms with Crippen LogP contribution in [-0.2, 0) is 0 Å². The lowest BCUT2D eigenvalue weighted by atomic mass is 9.94. The van der Waals surface area contributed by atoms with Gasteiger partial charge in [0.15, 0.2) is 5.11 Å². The number of thiocarbonyl (C=S) groups is 1. The lowest BCUT2D eigenvalue weighted by molar-refractivity contribution is 0.628. The molecule has 0 amide bonds. The molecule has 0 aromatic heterocycles. The van der Waals surface area contributed by atoms with Gasteiger partial charge in [-0.3, -0.25) is 0 Å². The standard InChI is InChI=1S/C22H20ClFN2S/c1-14-8-10-18(15(2)12-14)21(16-6-4-3-5-7-16)26-22(27)25-17-9-11-20(24)19(23)13-17/h3-13,21H,1-2H3,(H2,25,26,27)/t21-/m0/s1. The van der Waals surface area contributed by atoms with Crippen molar-refractivity contribution in [1.82, 2.24) is 5.32 Å². The molecule has 0 radical (unpaired) electrons. The smallest absolute Gasteiger partial charge is 0.171 e. The molecular formula is C22H20ClFN2S. The first-order valence-electron chi connectivity index (χ1n) is 8.58. The summed E-state index contributed by atoms with van der Waals surface area (Å²) in [5, 5.41) is 6.95. The monoisotopic (exact) mass is 398 g/mol. The maximum Gasteiger partial charge on any atom is 0.171 e. The zero-order valence-electron chi connectivity index (χ0n) is 15.1. The van der Waals surface area contributed by atoms with Crippen molar-refractivity contribution in [3.63, 3.8) is 0 Å². The van der Waals surface area contributed by atoms with Crippen molar-refractivity contribution in [1.29, 1.82) is 0 Å². The van der Waals surface area contributed by atoms with Crippen LogP contribution in [0.1, 0.15) is 28.3 Å². The molecule has 0 spiro atoms. The Kier molecular flexibility index (Phi) is 6.09. The number of hydrogen-bond acceptors (Lipinski definition) is 1. The third-order valence-electron chi connectivity index (χ3n) is 4.32. The predicted octanol–water partition coefficient (Wildman–Crippen LogP) is 6.17. The third-order valence-corrected chi connectivity index (χ3v) is 4.83. The minimum Gasteiger partial charge on any atom is -0.352 e. The highest BCUT2D eigenvalue weighted by atomic mass is 35.5. The van der Waals surface area contributed by atoms with E-state index in [4.69, 9.17) is 23.8 Å². The molecule has 3 aromatic rings. The van der Waals surface area contributed by atoms with Crippen LogP contribution < -0.4 is 10.6 Å². The fourth-order valence-electron chi connectivity index (χ4n) is 3.01. The first-order chi connectivity index (χ1) is 12.9. The quantitative estimate of drug-likeness (QED) is 0.514. The maximum atomic E-state index is 13.4. The Morgan fingerprint density at radius 1 is 1.00 bits per heavy atom. The molecule has 0 unspecified atom stereocenters. The van der Waals surface area contributed by atoms with E-state index in [1.165, 1.54) is 23.3 Å². The van der Waals surface area contributed by atoms with Crippen LogP contribution in [-0.4, -0.2) is 5.11 Å². The Labute approximate surface area is 169 Å². The summed E-state index contributed by atoms with van der Waals surface area (Å²) in [5.74, 6) is -0.460. The van der Waals surface area contributed by atoms with Crippen LogP contribution in [0.2, 0.25) is 5.02 Å². The number of halogens is 2. The van der Waals surface area contributed by atoms with Crippen LogP contribution in [0.4, 0.5) is 10.1 Å². The summed E-state index contributed by atoms with van der Waals surface area (Å²) in [6.07, 6.45) is 0. The van der Waals surface area contributed by atoms with Gasteiger partial charge in [-0.25, -0.2) is 4.39 Å². The molecule has 0 aliphatic heterocycles. The average Bonchev–Trinajstić information content (AvgIpc) is 2.64. The van der Waals surface area contributed by atoms with E-state index in [2.05, 4.69) is 54.8 Å². The van der Waals surface area contributed by atoms with E-state index in [9.17, 15) is 4.39 Å². The maximum absolute atomic E-state index is 13.4. The van der Waals surface area contributed by atoms with Gasteiger partial charge >= 0.3 is 0 Å². The zero-order valence-corrected chi connectivity index (χ0v) is 16.7. The summed E-state index contributed by atoms with van der Waals surface area (Å²) in [6, 6.07) is 20.8. The van der Waals surface area contributed by atoms with Crippen molar-refractivity contribution < 1.29 is 4.39 Å². The largest absolute Gasteiger partial charge is 0.352 e. The van der Waals surface area contributed by atoms with E-state index in [0.717, 1.165) is 11.1 Å². The van der Waals surface area contributed by atoms with E-state index < -0.39 is 5.82 Å². The van der Waals surface area contributed by atoms with Gasteiger partial charge in [0.25, 0.3) is 0 Å². The van der Waals surface area contributed by atoms with Gasteiger partial charge in [-0.1, -0.05) is 65.7 Å². The lowest BCUT2D eigenvalue weighted by Crippen LogP contribution is -2.33. The topological polar surface area (TPSA) is 24.1 Å². The summed E-state index contributed by atoms with van der Waals surface area (Å²) < 4.78 is 13.4. The van der Waals surface area contributed by atoms with Gasteiger partial charge < -0.3 is 10.6 Å². The molecule has 0 bridgehead atoms. The summed E-state index contributed by atoms with van der Waals surface area (Å²) in [4.78, 5) is 0. The van der Waals surface area contributed by atoms with Crippen LogP contribution in [0.25, 0.3) is 0 Å². The minimum absolute atomic E-state index is 0.0526. The van der Waals surface area contributed by atoms with Crippen LogP contribution >= 0.6 is 23.8 Å². The van der Waals surface area contributed by atoms with Crippen LogP contribution in [0.5, 0.6) is 0 Å². The third kappa shape index (κ3) is 4.85. The first kappa shape index (κ1) is 19.3. The Morgan fingerprint density at radius 3 is 2.41 bits per heavy atom. The molecular weight excluding hydrogens is 379 g/mol. The second-order valence-corrected chi connectivity index (χ2v) is 7.25. The molecule has 0 aliphatic rings. The fraction of sp³-hybridized carbons (Fsp3) is 0.136. The summed E-state index contributed by atoms with van der Waals surface area (Å²) >= 11 is 11.4. The van der Waals surface area contributed by atoms with E-state index in [1.54, 1.807) is 6.07 Å². The van der Waals surface area contributed by atoms with Crippen molar-refractivity contribution in [3.8, 4) is 0 Å². The van der Waals surface area contributed by atoms with Crippen LogP contribution in [0.15, 0.2) is 66.7 Å². The van der Waals surface area contributed by atoms with Gasteiger partial charge in [-0.2, -0.15) is 0 Å². The van der Waals surface area contributed by atoms with Gasteiger partial charge in [-0.15, -0.1) is 0 Å². The Bertz CT molecular complexity index is 960. The molecule has 2 nitrogen and oxygen atoms in total. The summed E-state index contributed by atoms with van der Waals surface area (Å²) in [7, 11) is 0. The Balaban J connectivity index is 1.87. The number of nitrogens with one attached hydrogen (secondary N) is 2. The van der Waals surface area contributed by atoms with E-state index >= 15 is 0 Å². The summed E-state index contributed by atoms with van der Waals surface area (Å²) in [5.41, 5.74) is 5.28. The Hall–Kier alpha value is -2.43. The van der Waals surface area contributed by atoms with Crippen LogP contribution in [0.3, 0.4) is 0 Å². The van der Waals surface area contributed by atoms with Crippen molar-refractivity contribution in [3.05, 3.63) is 99.8 Å². The van der Waals surface area contributed by atoms with E-state index in [1.807, 2.05) is 18.2 Å². The molecule has 0 saturated carbocycles. The molecule has 5 heteroatoms. The van der Waals surface area contributed by atoms with E-state index in [0.29, 0.717) is 10.8 Å². The SMILES string of the molecule is Cc1ccc([C@@H](NC(=S)Nc2ccc(F)c(Cl)c2)c2ccccc2)c(C)c1. The second-order valence-electron chi connectivity index (χ2n) is 6.43. The number of aryl methyl sites for hydroxylation is 2. The molecule has 2 N–H and O–H groups in total. The Morgan fingerprint density at radius 2 is 1.74 bits per heavy atom. The highest BCUT2D eigenvalue weighted by Crippen LogP contribution is 2.26. The molecule has 0 heterocycles. The van der Waals surface area contributed by atoms with Gasteiger partial charge in [0.1, 0.15) is 5.82 Å². The highest BCUT2D eigenvalue weighted by Gasteiger charge is 2.17. The lowest BCUT2D eigenvalue weighted by Gasteiger charge is -2.24. The fourth-order valence-corrected chi connectivity index (χ4v) is 3.42. The first-order valence-corrected chi connectivity index (χ1v) is 9.37. The molecule has 0 aliphatic carbocycles. The molecule has 27 heavy (non-hydrogen) atoms. The predicted molar refractivity (Wildman–Crippen MR) is 115 cm³/mol. The second kappa shape index (κ2) is 8.51. The molecule has 0 saturated heterocycles. The van der Waals surface area contributed by atoms with E-state index in [-0.39, 0.29) is 11.1 Å². The number of hydrogen-bond donors (Lipinski definition) is 2. The highest BCUT2D eigenvalue weighted by molar-refractivity contribution is 7.80. The zero-order chi connectivity index (χ0) is 19.4. The van der Waals surface area contributed by atoms with Crippen molar-refractivity contribution in [2.24, 2.45) is 0 Å². The summed E-state index contributed by atoms with van der Waals surface area (Å²) in [6.45, 7) is 4.17. The van der Waals surface area contributed by atoms with Gasteiger partial charge in [-0.05, 0) is 61.0 Å². The average molecular weight is 399 g/mol. The number of benzene rings is 3.